The van der Waals surface area contributed by atoms with Crippen LogP contribution in [-0.2, 0) is 19.5 Å². The third-order valence-electron chi connectivity index (χ3n) is 3.46. The summed E-state index contributed by atoms with van der Waals surface area (Å²) in [6.45, 7) is 1.69. The van der Waals surface area contributed by atoms with Crippen molar-refractivity contribution in [1.82, 2.24) is 0 Å². The Kier molecular flexibility index (Phi) is 3.16. The van der Waals surface area contributed by atoms with Gasteiger partial charge in [-0.15, -0.1) is 11.3 Å². The highest BCUT2D eigenvalue weighted by Gasteiger charge is 2.26. The predicted molar refractivity (Wildman–Crippen MR) is 75.4 cm³/mol. The average Bonchev–Trinajstić information content (AvgIpc) is 2.79. The van der Waals surface area contributed by atoms with Crippen molar-refractivity contribution >= 4 is 22.9 Å². The van der Waals surface area contributed by atoms with Gasteiger partial charge in [-0.05, 0) is 17.5 Å². The summed E-state index contributed by atoms with van der Waals surface area (Å²) in [4.78, 5) is 1.37. The van der Waals surface area contributed by atoms with Gasteiger partial charge in [0.25, 0.3) is 0 Å². The molecular formula is C14H14ClNOS. The second kappa shape index (κ2) is 4.67. The van der Waals surface area contributed by atoms with E-state index >= 15 is 0 Å². The van der Waals surface area contributed by atoms with E-state index in [-0.39, 0.29) is 4.65 Å². The van der Waals surface area contributed by atoms with Crippen molar-refractivity contribution in [1.29, 1.82) is 0 Å². The molecular weight excluding hydrogens is 266 g/mol. The van der Waals surface area contributed by atoms with Crippen LogP contribution in [0.25, 0.3) is 0 Å². The highest BCUT2D eigenvalue weighted by atomic mass is 35.5. The molecule has 2 heterocycles. The Morgan fingerprint density at radius 1 is 1.28 bits per heavy atom. The van der Waals surface area contributed by atoms with Crippen LogP contribution >= 0.6 is 22.9 Å². The van der Waals surface area contributed by atoms with E-state index in [1.807, 2.05) is 24.3 Å². The Morgan fingerprint density at radius 3 is 2.94 bits per heavy atom. The maximum atomic E-state index is 12.8. The number of nitrogens with zero attached hydrogens (tertiary/aromatic N) is 1. The molecule has 1 aromatic heterocycles. The Labute approximate surface area is 116 Å². The minimum atomic E-state index is -0.187. The third-order valence-corrected chi connectivity index (χ3v) is 4.85. The van der Waals surface area contributed by atoms with Crippen LogP contribution in [-0.4, -0.2) is 11.2 Å². The summed E-state index contributed by atoms with van der Waals surface area (Å²) in [6, 6.07) is 9.71. The second-order valence-corrected chi connectivity index (χ2v) is 6.22. The number of quaternary nitrogens is 1. The molecule has 4 heteroatoms. The molecule has 0 fully saturated rings. The second-order valence-electron chi connectivity index (χ2n) is 4.81. The van der Waals surface area contributed by atoms with Gasteiger partial charge in [-0.1, -0.05) is 29.8 Å². The minimum Gasteiger partial charge on any atom is -0.632 e. The zero-order chi connectivity index (χ0) is 12.6. The van der Waals surface area contributed by atoms with Gasteiger partial charge in [0.05, 0.1) is 6.54 Å². The molecule has 0 aliphatic carbocycles. The van der Waals surface area contributed by atoms with Crippen LogP contribution < -0.4 is 0 Å². The normalized spacial score (nSPS) is 22.8. The number of hydrogen-bond acceptors (Lipinski definition) is 2. The average molecular weight is 280 g/mol. The molecule has 0 saturated heterocycles. The smallest absolute Gasteiger partial charge is 0.106 e. The van der Waals surface area contributed by atoms with E-state index in [9.17, 15) is 5.21 Å². The summed E-state index contributed by atoms with van der Waals surface area (Å²) in [7, 11) is 0. The molecule has 1 aliphatic heterocycles. The standard InChI is InChI=1S/C14H14ClNOS/c15-13-4-2-1-3-11(13)9-16(17)7-5-14-12(10-16)6-8-18-14/h1-4,6,8H,5,7,9-10H2/t16-/m1/s1. The SMILES string of the molecule is [O-][N@@+]1(Cc2ccccc2Cl)CCc2sccc2C1. The van der Waals surface area contributed by atoms with E-state index in [1.165, 1.54) is 10.4 Å². The quantitative estimate of drug-likeness (QED) is 0.602. The molecule has 0 unspecified atom stereocenters. The number of hydrogen-bond donors (Lipinski definition) is 0. The predicted octanol–water partition coefficient (Wildman–Crippen LogP) is 3.97. The number of hydroxylamine groups is 3. The zero-order valence-corrected chi connectivity index (χ0v) is 11.5. The lowest BCUT2D eigenvalue weighted by Crippen LogP contribution is -2.44. The summed E-state index contributed by atoms with van der Waals surface area (Å²) in [5.74, 6) is 0. The molecule has 0 saturated carbocycles. The van der Waals surface area contributed by atoms with Crippen molar-refractivity contribution in [3.8, 4) is 0 Å². The molecule has 0 N–H and O–H groups in total. The van der Waals surface area contributed by atoms with Gasteiger partial charge in [0.15, 0.2) is 0 Å². The van der Waals surface area contributed by atoms with E-state index in [1.54, 1.807) is 11.3 Å². The molecule has 0 amide bonds. The number of benzene rings is 1. The van der Waals surface area contributed by atoms with Crippen molar-refractivity contribution in [2.45, 2.75) is 19.5 Å². The van der Waals surface area contributed by atoms with E-state index in [0.717, 1.165) is 12.0 Å². The lowest BCUT2D eigenvalue weighted by Gasteiger charge is -2.45. The largest absolute Gasteiger partial charge is 0.632 e. The van der Waals surface area contributed by atoms with E-state index in [2.05, 4.69) is 11.4 Å². The molecule has 2 aromatic rings. The van der Waals surface area contributed by atoms with Crippen molar-refractivity contribution in [2.75, 3.05) is 6.54 Å². The van der Waals surface area contributed by atoms with Gasteiger partial charge in [-0.2, -0.15) is 0 Å². The topological polar surface area (TPSA) is 23.1 Å². The van der Waals surface area contributed by atoms with Crippen LogP contribution in [0.15, 0.2) is 35.7 Å². The molecule has 1 aromatic carbocycles. The van der Waals surface area contributed by atoms with Gasteiger partial charge in [-0.25, -0.2) is 0 Å². The molecule has 3 rings (SSSR count). The lowest BCUT2D eigenvalue weighted by molar-refractivity contribution is -0.909. The third kappa shape index (κ3) is 2.31. The highest BCUT2D eigenvalue weighted by molar-refractivity contribution is 7.10. The van der Waals surface area contributed by atoms with Crippen LogP contribution in [0.1, 0.15) is 16.0 Å². The van der Waals surface area contributed by atoms with Gasteiger partial charge < -0.3 is 9.85 Å². The molecule has 18 heavy (non-hydrogen) atoms. The number of fused-ring (bicyclic) bond motifs is 1. The van der Waals surface area contributed by atoms with Crippen molar-refractivity contribution in [3.05, 3.63) is 61.9 Å². The molecule has 0 radical (unpaired) electrons. The summed E-state index contributed by atoms with van der Waals surface area (Å²) in [6.07, 6.45) is 0.890. The van der Waals surface area contributed by atoms with Crippen LogP contribution in [0.5, 0.6) is 0 Å². The number of halogens is 1. The Bertz CT molecular complexity index is 568. The van der Waals surface area contributed by atoms with Crippen molar-refractivity contribution < 1.29 is 4.65 Å². The first-order valence-corrected chi connectivity index (χ1v) is 7.28. The number of rotatable bonds is 2. The molecule has 1 atom stereocenters. The van der Waals surface area contributed by atoms with E-state index in [4.69, 9.17) is 11.6 Å². The van der Waals surface area contributed by atoms with Crippen LogP contribution in [0.2, 0.25) is 5.02 Å². The first-order valence-electron chi connectivity index (χ1n) is 6.02. The summed E-state index contributed by atoms with van der Waals surface area (Å²) >= 11 is 7.90. The van der Waals surface area contributed by atoms with Crippen LogP contribution in [0, 0.1) is 5.21 Å². The summed E-state index contributed by atoms with van der Waals surface area (Å²) in [5, 5.41) is 15.6. The maximum Gasteiger partial charge on any atom is 0.106 e. The van der Waals surface area contributed by atoms with Crippen molar-refractivity contribution in [3.63, 3.8) is 0 Å². The van der Waals surface area contributed by atoms with Crippen LogP contribution in [0.3, 0.4) is 0 Å². The fourth-order valence-corrected chi connectivity index (χ4v) is 3.58. The van der Waals surface area contributed by atoms with E-state index in [0.29, 0.717) is 24.7 Å². The number of thiophene rings is 1. The van der Waals surface area contributed by atoms with Gasteiger partial charge in [0.1, 0.15) is 13.1 Å². The molecule has 1 aliphatic rings. The fourth-order valence-electron chi connectivity index (χ4n) is 2.49. The summed E-state index contributed by atoms with van der Waals surface area (Å²) in [5.41, 5.74) is 2.17. The first kappa shape index (κ1) is 12.2. The Morgan fingerprint density at radius 2 is 2.11 bits per heavy atom. The van der Waals surface area contributed by atoms with Gasteiger partial charge in [0, 0.05) is 27.4 Å². The highest BCUT2D eigenvalue weighted by Crippen LogP contribution is 2.31. The van der Waals surface area contributed by atoms with Gasteiger partial charge in [-0.3, -0.25) is 0 Å². The van der Waals surface area contributed by atoms with Gasteiger partial charge >= 0.3 is 0 Å². The van der Waals surface area contributed by atoms with Crippen molar-refractivity contribution in [2.24, 2.45) is 0 Å². The monoisotopic (exact) mass is 279 g/mol. The van der Waals surface area contributed by atoms with Gasteiger partial charge in [0.2, 0.25) is 0 Å². The lowest BCUT2D eigenvalue weighted by atomic mass is 10.1. The maximum absolute atomic E-state index is 12.8. The Balaban J connectivity index is 1.83. The molecule has 0 bridgehead atoms. The minimum absolute atomic E-state index is 0.187. The molecule has 2 nitrogen and oxygen atoms in total. The summed E-state index contributed by atoms with van der Waals surface area (Å²) < 4.78 is -0.187. The van der Waals surface area contributed by atoms with Crippen LogP contribution in [0.4, 0.5) is 0 Å². The first-order chi connectivity index (χ1) is 8.66. The zero-order valence-electron chi connectivity index (χ0n) is 9.93. The fraction of sp³-hybridized carbons (Fsp3) is 0.286. The van der Waals surface area contributed by atoms with E-state index < -0.39 is 0 Å². The Hall–Kier alpha value is -0.870. The molecule has 94 valence electrons. The molecule has 0 spiro atoms.